The summed E-state index contributed by atoms with van der Waals surface area (Å²) in [4.78, 5) is 22.9. The lowest BCUT2D eigenvalue weighted by Gasteiger charge is -2.15. The van der Waals surface area contributed by atoms with Crippen LogP contribution in [0.1, 0.15) is 12.0 Å². The molecule has 0 bridgehead atoms. The molecule has 0 spiro atoms. The molecule has 1 aliphatic rings. The van der Waals surface area contributed by atoms with Crippen molar-refractivity contribution < 1.29 is 19.2 Å². The van der Waals surface area contributed by atoms with E-state index in [0.29, 0.717) is 19.5 Å². The van der Waals surface area contributed by atoms with E-state index >= 15 is 0 Å². The number of aliphatic carboxylic acids is 1. The number of nitro benzene ring substituents is 1. The van der Waals surface area contributed by atoms with Gasteiger partial charge in [-0.05, 0) is 25.1 Å². The summed E-state index contributed by atoms with van der Waals surface area (Å²) in [6, 6.07) is 3.31. The minimum absolute atomic E-state index is 0. The van der Waals surface area contributed by atoms with E-state index < -0.39 is 22.6 Å². The zero-order valence-electron chi connectivity index (χ0n) is 10.5. The Labute approximate surface area is 120 Å². The number of hydrogen-bond acceptors (Lipinski definition) is 4. The Morgan fingerprint density at radius 3 is 2.80 bits per heavy atom. The summed E-state index contributed by atoms with van der Waals surface area (Å²) in [5, 5.41) is 19.7. The fourth-order valence-electron chi connectivity index (χ4n) is 2.28. The van der Waals surface area contributed by atoms with Crippen LogP contribution >= 0.6 is 12.4 Å². The van der Waals surface area contributed by atoms with Gasteiger partial charge in [0.2, 0.25) is 0 Å². The molecule has 110 valence electrons. The van der Waals surface area contributed by atoms with Crippen molar-refractivity contribution in [3.05, 3.63) is 39.7 Å². The van der Waals surface area contributed by atoms with Gasteiger partial charge in [-0.1, -0.05) is 0 Å². The third kappa shape index (κ3) is 3.64. The van der Waals surface area contributed by atoms with Crippen LogP contribution in [0.3, 0.4) is 0 Å². The molecule has 6 nitrogen and oxygen atoms in total. The third-order valence-electron chi connectivity index (χ3n) is 3.25. The highest BCUT2D eigenvalue weighted by molar-refractivity contribution is 5.85. The van der Waals surface area contributed by atoms with Crippen LogP contribution in [-0.4, -0.2) is 34.0 Å². The minimum atomic E-state index is -0.865. The van der Waals surface area contributed by atoms with Crippen molar-refractivity contribution in [3.63, 3.8) is 0 Å². The molecule has 1 heterocycles. The monoisotopic (exact) mass is 304 g/mol. The summed E-state index contributed by atoms with van der Waals surface area (Å²) in [5.74, 6) is -1.85. The maximum Gasteiger partial charge on any atom is 0.307 e. The Bertz CT molecular complexity index is 526. The van der Waals surface area contributed by atoms with Gasteiger partial charge in [0.15, 0.2) is 0 Å². The molecule has 1 aromatic carbocycles. The number of carbonyl (C=O) groups is 1. The standard InChI is InChI=1S/C12H13FN2O4.ClH/c13-10-1-2-11(15(18)19)9(5-10)7-14-4-3-8(6-14)12(16)17;/h1-2,5,8H,3-4,6-7H2,(H,16,17);1H. The van der Waals surface area contributed by atoms with Crippen LogP contribution in [0.4, 0.5) is 10.1 Å². The van der Waals surface area contributed by atoms with Gasteiger partial charge in [-0.3, -0.25) is 19.8 Å². The van der Waals surface area contributed by atoms with Crippen molar-refractivity contribution in [3.8, 4) is 0 Å². The lowest BCUT2D eigenvalue weighted by molar-refractivity contribution is -0.385. The predicted molar refractivity (Wildman–Crippen MR) is 71.3 cm³/mol. The maximum atomic E-state index is 13.2. The number of rotatable bonds is 4. The SMILES string of the molecule is Cl.O=C(O)C1CCN(Cc2cc(F)ccc2[N+](=O)[O-])C1. The molecule has 0 amide bonds. The van der Waals surface area contributed by atoms with Gasteiger partial charge < -0.3 is 5.11 Å². The maximum absolute atomic E-state index is 13.2. The Morgan fingerprint density at radius 2 is 2.25 bits per heavy atom. The number of likely N-dealkylation sites (tertiary alicyclic amines) is 1. The summed E-state index contributed by atoms with van der Waals surface area (Å²) in [6.07, 6.45) is 0.512. The molecule has 1 N–H and O–H groups in total. The lowest BCUT2D eigenvalue weighted by atomic mass is 10.1. The normalized spacial score (nSPS) is 18.6. The largest absolute Gasteiger partial charge is 0.481 e. The van der Waals surface area contributed by atoms with E-state index in [-0.39, 0.29) is 30.2 Å². The quantitative estimate of drug-likeness (QED) is 0.680. The van der Waals surface area contributed by atoms with Crippen LogP contribution in [-0.2, 0) is 11.3 Å². The third-order valence-corrected chi connectivity index (χ3v) is 3.25. The Balaban J connectivity index is 0.00000200. The summed E-state index contributed by atoms with van der Waals surface area (Å²) < 4.78 is 13.2. The molecule has 2 rings (SSSR count). The number of nitrogens with zero attached hydrogens (tertiary/aromatic N) is 2. The van der Waals surface area contributed by atoms with Crippen LogP contribution in [0.25, 0.3) is 0 Å². The first-order valence-corrected chi connectivity index (χ1v) is 5.85. The fraction of sp³-hybridized carbons (Fsp3) is 0.417. The minimum Gasteiger partial charge on any atom is -0.481 e. The molecular weight excluding hydrogens is 291 g/mol. The van der Waals surface area contributed by atoms with E-state index in [2.05, 4.69) is 0 Å². The molecule has 1 atom stereocenters. The molecule has 0 radical (unpaired) electrons. The molecule has 0 aromatic heterocycles. The van der Waals surface area contributed by atoms with Crippen molar-refractivity contribution in [2.75, 3.05) is 13.1 Å². The smallest absolute Gasteiger partial charge is 0.307 e. The van der Waals surface area contributed by atoms with Gasteiger partial charge >= 0.3 is 5.97 Å². The number of halogens is 2. The first-order chi connectivity index (χ1) is 8.97. The molecule has 8 heteroatoms. The number of hydrogen-bond donors (Lipinski definition) is 1. The fourth-order valence-corrected chi connectivity index (χ4v) is 2.28. The van der Waals surface area contributed by atoms with Gasteiger partial charge in [0.1, 0.15) is 5.82 Å². The second kappa shape index (κ2) is 6.62. The van der Waals surface area contributed by atoms with E-state index in [4.69, 9.17) is 5.11 Å². The van der Waals surface area contributed by atoms with Crippen molar-refractivity contribution in [1.29, 1.82) is 0 Å². The van der Waals surface area contributed by atoms with Crippen LogP contribution in [0.2, 0.25) is 0 Å². The molecule has 1 saturated heterocycles. The Kier molecular flexibility index (Phi) is 5.41. The van der Waals surface area contributed by atoms with Gasteiger partial charge in [0, 0.05) is 24.7 Å². The molecule has 20 heavy (non-hydrogen) atoms. The van der Waals surface area contributed by atoms with Crippen LogP contribution in [0, 0.1) is 21.8 Å². The van der Waals surface area contributed by atoms with Gasteiger partial charge in [-0.15, -0.1) is 12.4 Å². The summed E-state index contributed by atoms with van der Waals surface area (Å²) >= 11 is 0. The summed E-state index contributed by atoms with van der Waals surface area (Å²) in [6.45, 7) is 1.07. The average molecular weight is 305 g/mol. The Hall–Kier alpha value is -1.73. The lowest BCUT2D eigenvalue weighted by Crippen LogP contribution is -2.23. The van der Waals surface area contributed by atoms with Crippen molar-refractivity contribution >= 4 is 24.1 Å². The Morgan fingerprint density at radius 1 is 1.55 bits per heavy atom. The number of carboxylic acid groups (broad SMARTS) is 1. The summed E-state index contributed by atoms with van der Waals surface area (Å²) in [7, 11) is 0. The van der Waals surface area contributed by atoms with Crippen LogP contribution in [0.5, 0.6) is 0 Å². The first-order valence-electron chi connectivity index (χ1n) is 5.85. The highest BCUT2D eigenvalue weighted by Crippen LogP contribution is 2.24. The van der Waals surface area contributed by atoms with Crippen molar-refractivity contribution in [2.24, 2.45) is 5.92 Å². The van der Waals surface area contributed by atoms with Gasteiger partial charge in [-0.2, -0.15) is 0 Å². The van der Waals surface area contributed by atoms with E-state index in [1.165, 1.54) is 0 Å². The van der Waals surface area contributed by atoms with Gasteiger partial charge in [-0.25, -0.2) is 4.39 Å². The molecule has 1 unspecified atom stereocenters. The highest BCUT2D eigenvalue weighted by Gasteiger charge is 2.29. The number of nitro groups is 1. The average Bonchev–Trinajstić information content (AvgIpc) is 2.77. The second-order valence-electron chi connectivity index (χ2n) is 4.59. The van der Waals surface area contributed by atoms with Crippen LogP contribution in [0.15, 0.2) is 18.2 Å². The molecule has 1 aromatic rings. The molecule has 0 saturated carbocycles. The zero-order chi connectivity index (χ0) is 14.0. The number of carboxylic acids is 1. The molecule has 1 aliphatic heterocycles. The molecule has 1 fully saturated rings. The predicted octanol–water partition coefficient (Wildman–Crippen LogP) is 2.06. The van der Waals surface area contributed by atoms with E-state index in [1.807, 2.05) is 0 Å². The molecular formula is C12H14ClFN2O4. The van der Waals surface area contributed by atoms with E-state index in [9.17, 15) is 19.3 Å². The zero-order valence-corrected chi connectivity index (χ0v) is 11.3. The van der Waals surface area contributed by atoms with Crippen LogP contribution < -0.4 is 0 Å². The number of benzene rings is 1. The highest BCUT2D eigenvalue weighted by atomic mass is 35.5. The topological polar surface area (TPSA) is 83.7 Å². The second-order valence-corrected chi connectivity index (χ2v) is 4.59. The molecule has 0 aliphatic carbocycles. The van der Waals surface area contributed by atoms with E-state index in [0.717, 1.165) is 18.2 Å². The van der Waals surface area contributed by atoms with Gasteiger partial charge in [0.05, 0.1) is 10.8 Å². The van der Waals surface area contributed by atoms with Crippen molar-refractivity contribution in [1.82, 2.24) is 4.90 Å². The summed E-state index contributed by atoms with van der Waals surface area (Å²) in [5.41, 5.74) is 0.135. The van der Waals surface area contributed by atoms with Crippen molar-refractivity contribution in [2.45, 2.75) is 13.0 Å². The van der Waals surface area contributed by atoms with E-state index in [1.54, 1.807) is 4.90 Å². The van der Waals surface area contributed by atoms with Gasteiger partial charge in [0.25, 0.3) is 5.69 Å². The first kappa shape index (κ1) is 16.3.